The Balaban J connectivity index is -0.000000980. The van der Waals surface area contributed by atoms with E-state index in [1.54, 1.807) is 0 Å². The van der Waals surface area contributed by atoms with Gasteiger partial charge < -0.3 is 0 Å². The molecule has 0 saturated carbocycles. The fourth-order valence-corrected chi connectivity index (χ4v) is 17.0. The van der Waals surface area contributed by atoms with Crippen LogP contribution in [-0.2, 0) is 20.2 Å². The number of hydrogen-bond donors (Lipinski definition) is 0. The van der Waals surface area contributed by atoms with Gasteiger partial charge >= 0.3 is 154 Å². The largest absolute Gasteiger partial charge is 1.00 e. The molecule has 0 rings (SSSR count). The molecule has 17 heavy (non-hydrogen) atoms. The van der Waals surface area contributed by atoms with E-state index >= 15 is 0 Å². The zero-order valence-electron chi connectivity index (χ0n) is 10.6. The van der Waals surface area contributed by atoms with Gasteiger partial charge in [0.15, 0.2) is 0 Å². The molecule has 0 radical (unpaired) electrons. The molecule has 0 heterocycles. The predicted octanol–water partition coefficient (Wildman–Crippen LogP) is -6.21. The molecule has 0 spiro atoms. The normalized spacial score (nSPS) is 12.5. The first-order valence-corrected chi connectivity index (χ1v) is 17.2. The Labute approximate surface area is 151 Å². The first-order chi connectivity index (χ1) is 6.41. The van der Waals surface area contributed by atoms with Crippen LogP contribution >= 0.6 is 0 Å². The molecule has 0 amide bonds. The molecule has 0 aliphatic carbocycles. The molecule has 92 valence electrons. The van der Waals surface area contributed by atoms with E-state index in [1.807, 2.05) is 9.88 Å². The predicted molar refractivity (Wildman–Crippen MR) is 56.2 cm³/mol. The molecule has 0 aromatic heterocycles. The first-order valence-electron chi connectivity index (χ1n) is 4.28. The third-order valence-electron chi connectivity index (χ3n) is 2.06. The molecule has 0 aromatic carbocycles. The van der Waals surface area contributed by atoms with Crippen molar-refractivity contribution < 1.29 is 85.1 Å². The average Bonchev–Trinajstić information content (AvgIpc) is 1.96. The zero-order valence-corrected chi connectivity index (χ0v) is 19.1. The van der Waals surface area contributed by atoms with Crippen LogP contribution in [0, 0.1) is 0 Å². The van der Waals surface area contributed by atoms with Gasteiger partial charge in [0.1, 0.15) is 0 Å². The summed E-state index contributed by atoms with van der Waals surface area (Å²) in [7, 11) is -8.47. The molecule has 0 bridgehead atoms. The molecule has 0 atom stereocenters. The minimum absolute atomic E-state index is 0. The van der Waals surface area contributed by atoms with Gasteiger partial charge in [0, 0.05) is 0 Å². The van der Waals surface area contributed by atoms with Gasteiger partial charge in [-0.3, -0.25) is 0 Å². The minimum Gasteiger partial charge on any atom is 1.00 e. The second-order valence-corrected chi connectivity index (χ2v) is 22.4. The SMILES string of the molecule is [CH3][Sn]([CH3])([CH2]CS(=O)(=O)[O-])[CH2]CS(=O)(=O)[O-].[Na+].[Na+]. The summed E-state index contributed by atoms with van der Waals surface area (Å²) in [5, 5.41) is 0. The molecule has 0 fully saturated rings. The van der Waals surface area contributed by atoms with Crippen LogP contribution in [0.15, 0.2) is 0 Å². The second kappa shape index (κ2) is 9.54. The summed E-state index contributed by atoms with van der Waals surface area (Å²) in [5.74, 6) is -0.899. The van der Waals surface area contributed by atoms with Crippen molar-refractivity contribution >= 4 is 38.6 Å². The fourth-order valence-electron chi connectivity index (χ4n) is 0.928. The van der Waals surface area contributed by atoms with Crippen molar-refractivity contribution in [3.05, 3.63) is 0 Å². The minimum atomic E-state index is -4.24. The van der Waals surface area contributed by atoms with Crippen LogP contribution in [0.2, 0.25) is 18.8 Å². The third-order valence-corrected chi connectivity index (χ3v) is 14.7. The van der Waals surface area contributed by atoms with Gasteiger partial charge in [-0.2, -0.15) is 0 Å². The van der Waals surface area contributed by atoms with E-state index in [0.29, 0.717) is 0 Å². The van der Waals surface area contributed by atoms with E-state index in [-0.39, 0.29) is 68.0 Å². The standard InChI is InChI=1S/2C2H5O3S.2CH3.2Na.Sn/c2*1-2-6(3,4)5;;;;;/h2*1-2H2,(H,3,4,5);2*1H3;;;/q;;;;2*+1;/p-2. The Bertz CT molecular complexity index is 366. The van der Waals surface area contributed by atoms with Gasteiger partial charge in [0.05, 0.1) is 0 Å². The summed E-state index contributed by atoms with van der Waals surface area (Å²) in [4.78, 5) is 3.65. The van der Waals surface area contributed by atoms with Gasteiger partial charge in [-0.15, -0.1) is 0 Å². The van der Waals surface area contributed by atoms with Crippen molar-refractivity contribution in [3.63, 3.8) is 0 Å². The monoisotopic (exact) mass is 412 g/mol. The molecule has 0 aromatic rings. The van der Waals surface area contributed by atoms with Crippen LogP contribution in [0.5, 0.6) is 0 Å². The third kappa shape index (κ3) is 18.6. The van der Waals surface area contributed by atoms with E-state index in [9.17, 15) is 25.9 Å². The van der Waals surface area contributed by atoms with Crippen LogP contribution in [0.25, 0.3) is 0 Å². The van der Waals surface area contributed by atoms with Gasteiger partial charge in [-0.25, -0.2) is 0 Å². The molecule has 11 heteroatoms. The summed E-state index contributed by atoms with van der Waals surface area (Å²) in [5.41, 5.74) is 0. The van der Waals surface area contributed by atoms with Crippen molar-refractivity contribution in [2.24, 2.45) is 0 Å². The Morgan fingerprint density at radius 3 is 1.24 bits per heavy atom. The van der Waals surface area contributed by atoms with Crippen LogP contribution in [0.4, 0.5) is 0 Å². The molecule has 6 nitrogen and oxygen atoms in total. The van der Waals surface area contributed by atoms with Gasteiger partial charge in [0.25, 0.3) is 0 Å². The van der Waals surface area contributed by atoms with Crippen molar-refractivity contribution in [1.29, 1.82) is 0 Å². The Morgan fingerprint density at radius 1 is 0.824 bits per heavy atom. The van der Waals surface area contributed by atoms with Crippen molar-refractivity contribution in [1.82, 2.24) is 0 Å². The zero-order chi connectivity index (χ0) is 12.3. The Kier molecular flexibility index (Phi) is 13.8. The molecule has 0 aliphatic rings. The summed E-state index contributed by atoms with van der Waals surface area (Å²) in [6, 6.07) is 0. The molecule has 0 saturated heterocycles. The van der Waals surface area contributed by atoms with Gasteiger partial charge in [0.2, 0.25) is 0 Å². The summed E-state index contributed by atoms with van der Waals surface area (Å²) in [6.07, 6.45) is 0. The van der Waals surface area contributed by atoms with Crippen LogP contribution in [0.3, 0.4) is 0 Å². The van der Waals surface area contributed by atoms with Crippen LogP contribution < -0.4 is 59.1 Å². The fraction of sp³-hybridized carbons (Fsp3) is 1.00. The smallest absolute Gasteiger partial charge is 1.00 e. The topological polar surface area (TPSA) is 114 Å². The Hall–Kier alpha value is 2.62. The van der Waals surface area contributed by atoms with Crippen LogP contribution in [-0.4, -0.2) is 55.8 Å². The van der Waals surface area contributed by atoms with Crippen molar-refractivity contribution in [3.8, 4) is 0 Å². The maximum atomic E-state index is 10.4. The quantitative estimate of drug-likeness (QED) is 0.318. The van der Waals surface area contributed by atoms with Gasteiger partial charge in [-0.1, -0.05) is 0 Å². The second-order valence-electron chi connectivity index (χ2n) is 4.19. The summed E-state index contributed by atoms with van der Waals surface area (Å²) >= 11 is -2.82. The number of rotatable bonds is 6. The van der Waals surface area contributed by atoms with Crippen molar-refractivity contribution in [2.45, 2.75) is 18.8 Å². The van der Waals surface area contributed by atoms with E-state index in [1.165, 1.54) is 0 Å². The Morgan fingerprint density at radius 2 is 1.06 bits per heavy atom. The van der Waals surface area contributed by atoms with Gasteiger partial charge in [-0.05, 0) is 0 Å². The molecular formula is C6H14Na2O6S2Sn. The maximum absolute atomic E-state index is 10.4. The molecule has 0 aliphatic heterocycles. The van der Waals surface area contributed by atoms with Crippen LogP contribution in [0.1, 0.15) is 0 Å². The van der Waals surface area contributed by atoms with Crippen molar-refractivity contribution in [2.75, 3.05) is 11.5 Å². The van der Waals surface area contributed by atoms with E-state index in [2.05, 4.69) is 0 Å². The number of hydrogen-bond acceptors (Lipinski definition) is 6. The molecule has 0 unspecified atom stereocenters. The van der Waals surface area contributed by atoms with E-state index in [0.717, 1.165) is 0 Å². The first kappa shape index (κ1) is 24.6. The average molecular weight is 411 g/mol. The maximum Gasteiger partial charge on any atom is 1.00 e. The van der Waals surface area contributed by atoms with E-state index in [4.69, 9.17) is 0 Å². The molecule has 0 N–H and O–H groups in total. The summed E-state index contributed by atoms with van der Waals surface area (Å²) < 4.78 is 62.8. The molecular weight excluding hydrogens is 397 g/mol. The van der Waals surface area contributed by atoms with E-state index < -0.39 is 50.1 Å². The summed E-state index contributed by atoms with van der Waals surface area (Å²) in [6.45, 7) is 0.